The zero-order valence-electron chi connectivity index (χ0n) is 12.3. The van der Waals surface area contributed by atoms with Crippen molar-refractivity contribution in [3.8, 4) is 6.07 Å². The van der Waals surface area contributed by atoms with Gasteiger partial charge in [-0.25, -0.2) is 13.4 Å². The van der Waals surface area contributed by atoms with Crippen molar-refractivity contribution in [1.29, 1.82) is 5.26 Å². The molecule has 0 radical (unpaired) electrons. The summed E-state index contributed by atoms with van der Waals surface area (Å²) in [5.74, 6) is 0.531. The second kappa shape index (κ2) is 6.36. The molecule has 2 aromatic rings. The molecule has 3 heterocycles. The topological polar surface area (TPSA) is 103 Å². The Morgan fingerprint density at radius 2 is 2.00 bits per heavy atom. The Balaban J connectivity index is 1.65. The fourth-order valence-corrected chi connectivity index (χ4v) is 3.87. The number of pyridine rings is 1. The van der Waals surface area contributed by atoms with Gasteiger partial charge in [-0.2, -0.15) is 9.57 Å². The average Bonchev–Trinajstić information content (AvgIpc) is 3.07. The van der Waals surface area contributed by atoms with Gasteiger partial charge in [0.2, 0.25) is 10.0 Å². The second-order valence-corrected chi connectivity index (χ2v) is 7.09. The predicted molar refractivity (Wildman–Crippen MR) is 81.9 cm³/mol. The number of nitrogens with zero attached hydrogens (tertiary/aromatic N) is 5. The number of aromatic nitrogens is 2. The Bertz CT molecular complexity index is 805. The monoisotopic (exact) mass is 333 g/mol. The van der Waals surface area contributed by atoms with Gasteiger partial charge >= 0.3 is 0 Å². The van der Waals surface area contributed by atoms with Crippen molar-refractivity contribution < 1.29 is 12.9 Å². The maximum absolute atomic E-state index is 12.4. The number of anilines is 1. The molecule has 23 heavy (non-hydrogen) atoms. The molecule has 1 saturated heterocycles. The van der Waals surface area contributed by atoms with E-state index in [0.717, 1.165) is 0 Å². The summed E-state index contributed by atoms with van der Waals surface area (Å²) in [6.07, 6.45) is 1.36. The molecule has 8 nitrogen and oxygen atoms in total. The summed E-state index contributed by atoms with van der Waals surface area (Å²) in [6.45, 7) is 1.80. The van der Waals surface area contributed by atoms with E-state index in [2.05, 4.69) is 14.7 Å². The number of nitriles is 1. The van der Waals surface area contributed by atoms with Crippen LogP contribution in [0.3, 0.4) is 0 Å². The second-order valence-electron chi connectivity index (χ2n) is 5.13. The number of hydrogen-bond donors (Lipinski definition) is 0. The maximum atomic E-state index is 12.4. The molecule has 0 bridgehead atoms. The number of piperazine rings is 1. The summed E-state index contributed by atoms with van der Waals surface area (Å²) >= 11 is 0. The lowest BCUT2D eigenvalue weighted by molar-refractivity contribution is 0.380. The molecule has 1 aliphatic rings. The maximum Gasteiger partial charge on any atom is 0.220 e. The Morgan fingerprint density at radius 1 is 1.22 bits per heavy atom. The molecule has 2 aromatic heterocycles. The third kappa shape index (κ3) is 3.49. The van der Waals surface area contributed by atoms with E-state index >= 15 is 0 Å². The van der Waals surface area contributed by atoms with Crippen LogP contribution in [0.1, 0.15) is 11.4 Å². The van der Waals surface area contributed by atoms with E-state index < -0.39 is 10.0 Å². The molecule has 0 atom stereocenters. The van der Waals surface area contributed by atoms with E-state index in [1.54, 1.807) is 18.2 Å². The van der Waals surface area contributed by atoms with Gasteiger partial charge in [0.05, 0.1) is 5.69 Å². The molecule has 0 amide bonds. The highest BCUT2D eigenvalue weighted by Crippen LogP contribution is 2.17. The summed E-state index contributed by atoms with van der Waals surface area (Å²) in [4.78, 5) is 6.21. The lowest BCUT2D eigenvalue weighted by Crippen LogP contribution is -2.49. The van der Waals surface area contributed by atoms with Crippen molar-refractivity contribution in [2.45, 2.75) is 5.75 Å². The Labute approximate surface area is 134 Å². The third-order valence-electron chi connectivity index (χ3n) is 3.63. The van der Waals surface area contributed by atoms with Crippen molar-refractivity contribution in [2.24, 2.45) is 0 Å². The van der Waals surface area contributed by atoms with Gasteiger partial charge in [0.25, 0.3) is 0 Å². The molecule has 9 heteroatoms. The van der Waals surface area contributed by atoms with Crippen LogP contribution in [0, 0.1) is 11.3 Å². The first kappa shape index (κ1) is 15.5. The summed E-state index contributed by atoms with van der Waals surface area (Å²) in [6, 6.07) is 8.78. The van der Waals surface area contributed by atoms with Crippen molar-refractivity contribution >= 4 is 15.8 Å². The molecule has 0 unspecified atom stereocenters. The summed E-state index contributed by atoms with van der Waals surface area (Å²) in [5.41, 5.74) is 0.749. The molecule has 0 spiro atoms. The van der Waals surface area contributed by atoms with Crippen LogP contribution in [-0.2, 0) is 15.8 Å². The van der Waals surface area contributed by atoms with Gasteiger partial charge in [0.15, 0.2) is 0 Å². The smallest absolute Gasteiger partial charge is 0.220 e. The lowest BCUT2D eigenvalue weighted by atomic mass is 10.3. The fraction of sp³-hybridized carbons (Fsp3) is 0.357. The van der Waals surface area contributed by atoms with Crippen LogP contribution in [0.2, 0.25) is 0 Å². The van der Waals surface area contributed by atoms with E-state index in [0.29, 0.717) is 43.4 Å². The molecular formula is C14H15N5O3S. The van der Waals surface area contributed by atoms with E-state index in [-0.39, 0.29) is 5.75 Å². The average molecular weight is 333 g/mol. The highest BCUT2D eigenvalue weighted by Gasteiger charge is 2.28. The van der Waals surface area contributed by atoms with Crippen LogP contribution in [0.25, 0.3) is 0 Å². The first-order valence-corrected chi connectivity index (χ1v) is 8.68. The molecule has 1 aliphatic heterocycles. The standard InChI is InChI=1S/C14H15N5O3S/c15-10-12-2-1-3-14(16-12)18-5-7-19(8-6-18)23(20,21)11-13-4-9-22-17-13/h1-4,9H,5-8,11H2. The summed E-state index contributed by atoms with van der Waals surface area (Å²) in [5, 5.41) is 12.5. The molecule has 1 fully saturated rings. The normalized spacial score (nSPS) is 16.2. The minimum Gasteiger partial charge on any atom is -0.364 e. The minimum atomic E-state index is -3.41. The Morgan fingerprint density at radius 3 is 2.65 bits per heavy atom. The first-order valence-electron chi connectivity index (χ1n) is 7.08. The fourth-order valence-electron chi connectivity index (χ4n) is 2.45. The lowest BCUT2D eigenvalue weighted by Gasteiger charge is -2.34. The van der Waals surface area contributed by atoms with Gasteiger partial charge in [-0.3, -0.25) is 0 Å². The zero-order chi connectivity index (χ0) is 16.3. The van der Waals surface area contributed by atoms with Gasteiger partial charge in [0, 0.05) is 32.2 Å². The van der Waals surface area contributed by atoms with E-state index in [1.807, 2.05) is 17.0 Å². The third-order valence-corrected chi connectivity index (χ3v) is 5.44. The highest BCUT2D eigenvalue weighted by molar-refractivity contribution is 7.88. The van der Waals surface area contributed by atoms with E-state index in [9.17, 15) is 8.42 Å². The quantitative estimate of drug-likeness (QED) is 0.806. The van der Waals surface area contributed by atoms with Gasteiger partial charge in [-0.15, -0.1) is 0 Å². The number of hydrogen-bond acceptors (Lipinski definition) is 7. The van der Waals surface area contributed by atoms with E-state index in [1.165, 1.54) is 10.6 Å². The van der Waals surface area contributed by atoms with Crippen molar-refractivity contribution in [3.63, 3.8) is 0 Å². The Kier molecular flexibility index (Phi) is 4.27. The van der Waals surface area contributed by atoms with Gasteiger partial charge < -0.3 is 9.42 Å². The Hall–Kier alpha value is -2.44. The molecule has 0 aliphatic carbocycles. The van der Waals surface area contributed by atoms with Crippen LogP contribution in [0.4, 0.5) is 5.82 Å². The van der Waals surface area contributed by atoms with Crippen molar-refractivity contribution in [3.05, 3.63) is 41.9 Å². The molecule has 120 valence electrons. The largest absolute Gasteiger partial charge is 0.364 e. The van der Waals surface area contributed by atoms with Crippen LogP contribution in [0.5, 0.6) is 0 Å². The molecular weight excluding hydrogens is 318 g/mol. The molecule has 3 rings (SSSR count). The predicted octanol–water partition coefficient (Wildman–Crippen LogP) is 0.593. The van der Waals surface area contributed by atoms with Crippen LogP contribution >= 0.6 is 0 Å². The van der Waals surface area contributed by atoms with Gasteiger partial charge in [-0.05, 0) is 12.1 Å². The van der Waals surface area contributed by atoms with Gasteiger partial charge in [0.1, 0.15) is 29.6 Å². The molecule has 0 aromatic carbocycles. The van der Waals surface area contributed by atoms with Crippen molar-refractivity contribution in [2.75, 3.05) is 31.1 Å². The highest BCUT2D eigenvalue weighted by atomic mass is 32.2. The number of rotatable bonds is 4. The summed E-state index contributed by atoms with van der Waals surface area (Å²) < 4.78 is 30.8. The molecule has 0 saturated carbocycles. The van der Waals surface area contributed by atoms with Gasteiger partial charge in [-0.1, -0.05) is 11.2 Å². The minimum absolute atomic E-state index is 0.161. The van der Waals surface area contributed by atoms with Crippen LogP contribution < -0.4 is 4.90 Å². The SMILES string of the molecule is N#Cc1cccc(N2CCN(S(=O)(=O)Cc3ccon3)CC2)n1. The number of sulfonamides is 1. The zero-order valence-corrected chi connectivity index (χ0v) is 13.1. The van der Waals surface area contributed by atoms with E-state index in [4.69, 9.17) is 5.26 Å². The van der Waals surface area contributed by atoms with Crippen molar-refractivity contribution in [1.82, 2.24) is 14.4 Å². The van der Waals surface area contributed by atoms with Crippen LogP contribution in [-0.4, -0.2) is 49.0 Å². The first-order chi connectivity index (χ1) is 11.1. The summed E-state index contributed by atoms with van der Waals surface area (Å²) in [7, 11) is -3.41. The molecule has 0 N–H and O–H groups in total. The van der Waals surface area contributed by atoms with Crippen LogP contribution in [0.15, 0.2) is 35.1 Å².